The number of carbonyl (C=O) groups is 1. The number of aromatic nitrogens is 2. The second-order valence-electron chi connectivity index (χ2n) is 5.60. The summed E-state index contributed by atoms with van der Waals surface area (Å²) in [6.07, 6.45) is 0.677. The first kappa shape index (κ1) is 16.0. The minimum absolute atomic E-state index is 0.0858. The zero-order valence-electron chi connectivity index (χ0n) is 13.9. The molecule has 1 atom stereocenters. The highest BCUT2D eigenvalue weighted by atomic mass is 16.4. The zero-order valence-corrected chi connectivity index (χ0v) is 13.9. The SMILES string of the molecule is CCC(C(=O)Nc1nnc(-c2cc(C)oc2C)o1)c1ccccc1. The highest BCUT2D eigenvalue weighted by Gasteiger charge is 2.21. The Morgan fingerprint density at radius 1 is 1.17 bits per heavy atom. The zero-order chi connectivity index (χ0) is 17.1. The molecule has 2 heterocycles. The Morgan fingerprint density at radius 3 is 2.54 bits per heavy atom. The van der Waals surface area contributed by atoms with Crippen LogP contribution in [-0.4, -0.2) is 16.1 Å². The van der Waals surface area contributed by atoms with E-state index in [0.29, 0.717) is 18.1 Å². The Labute approximate surface area is 139 Å². The number of rotatable bonds is 5. The van der Waals surface area contributed by atoms with Gasteiger partial charge in [-0.15, -0.1) is 5.10 Å². The van der Waals surface area contributed by atoms with Crippen LogP contribution in [0, 0.1) is 13.8 Å². The van der Waals surface area contributed by atoms with E-state index in [1.54, 1.807) is 0 Å². The molecule has 3 rings (SSSR count). The van der Waals surface area contributed by atoms with Gasteiger partial charge in [-0.1, -0.05) is 42.4 Å². The highest BCUT2D eigenvalue weighted by Crippen LogP contribution is 2.27. The van der Waals surface area contributed by atoms with Crippen molar-refractivity contribution in [3.63, 3.8) is 0 Å². The van der Waals surface area contributed by atoms with Gasteiger partial charge in [0.2, 0.25) is 5.91 Å². The Balaban J connectivity index is 1.76. The molecule has 0 aliphatic carbocycles. The summed E-state index contributed by atoms with van der Waals surface area (Å²) < 4.78 is 11.0. The van der Waals surface area contributed by atoms with Gasteiger partial charge in [-0.3, -0.25) is 10.1 Å². The first-order valence-corrected chi connectivity index (χ1v) is 7.85. The summed E-state index contributed by atoms with van der Waals surface area (Å²) in [6, 6.07) is 11.5. The predicted octanol–water partition coefficient (Wildman–Crippen LogP) is 4.08. The van der Waals surface area contributed by atoms with Crippen LogP contribution in [0.5, 0.6) is 0 Å². The van der Waals surface area contributed by atoms with Gasteiger partial charge in [-0.05, 0) is 31.9 Å². The third-order valence-corrected chi connectivity index (χ3v) is 3.85. The minimum atomic E-state index is -0.264. The van der Waals surface area contributed by atoms with Crippen LogP contribution < -0.4 is 5.32 Å². The average molecular weight is 325 g/mol. The molecule has 1 N–H and O–H groups in total. The standard InChI is InChI=1S/C18H19N3O3/c1-4-14(13-8-6-5-7-9-13)16(22)19-18-21-20-17(24-18)15-10-11(2)23-12(15)3/h5-10,14H,4H2,1-3H3,(H,19,21,22). The largest absolute Gasteiger partial charge is 0.466 e. The molecule has 6 heteroatoms. The summed E-state index contributed by atoms with van der Waals surface area (Å²) in [5.41, 5.74) is 1.69. The molecule has 0 saturated carbocycles. The van der Waals surface area contributed by atoms with Gasteiger partial charge in [0.15, 0.2) is 0 Å². The fraction of sp³-hybridized carbons (Fsp3) is 0.278. The smallest absolute Gasteiger partial charge is 0.322 e. The van der Waals surface area contributed by atoms with E-state index >= 15 is 0 Å². The number of carbonyl (C=O) groups excluding carboxylic acids is 1. The lowest BCUT2D eigenvalue weighted by molar-refractivity contribution is -0.117. The Hall–Kier alpha value is -2.89. The molecule has 0 bridgehead atoms. The molecule has 0 radical (unpaired) electrons. The van der Waals surface area contributed by atoms with E-state index in [-0.39, 0.29) is 17.8 Å². The number of nitrogens with zero attached hydrogens (tertiary/aromatic N) is 2. The molecule has 0 saturated heterocycles. The van der Waals surface area contributed by atoms with Crippen LogP contribution in [0.3, 0.4) is 0 Å². The summed E-state index contributed by atoms with van der Waals surface area (Å²) in [7, 11) is 0. The summed E-state index contributed by atoms with van der Waals surface area (Å²) in [4.78, 5) is 12.5. The van der Waals surface area contributed by atoms with Gasteiger partial charge < -0.3 is 8.83 Å². The van der Waals surface area contributed by atoms with E-state index in [1.165, 1.54) is 0 Å². The lowest BCUT2D eigenvalue weighted by Crippen LogP contribution is -2.20. The van der Waals surface area contributed by atoms with Crippen molar-refractivity contribution in [1.29, 1.82) is 0 Å². The van der Waals surface area contributed by atoms with Crippen molar-refractivity contribution in [3.05, 3.63) is 53.5 Å². The molecule has 3 aromatic rings. The number of furan rings is 1. The molecular formula is C18H19N3O3. The summed E-state index contributed by atoms with van der Waals surface area (Å²) in [6.45, 7) is 5.64. The minimum Gasteiger partial charge on any atom is -0.466 e. The van der Waals surface area contributed by atoms with Crippen LogP contribution in [0.15, 0.2) is 45.2 Å². The Bertz CT molecular complexity index is 836. The van der Waals surface area contributed by atoms with Crippen LogP contribution >= 0.6 is 0 Å². The molecule has 0 aliphatic heterocycles. The molecule has 0 aliphatic rings. The van der Waals surface area contributed by atoms with E-state index in [1.807, 2.05) is 57.2 Å². The maximum Gasteiger partial charge on any atom is 0.322 e. The predicted molar refractivity (Wildman–Crippen MR) is 89.6 cm³/mol. The maximum absolute atomic E-state index is 12.5. The molecule has 124 valence electrons. The number of hydrogen-bond acceptors (Lipinski definition) is 5. The molecule has 1 aromatic carbocycles. The third kappa shape index (κ3) is 3.22. The number of aryl methyl sites for hydroxylation is 2. The molecule has 1 unspecified atom stereocenters. The normalized spacial score (nSPS) is 12.1. The summed E-state index contributed by atoms with van der Waals surface area (Å²) in [5, 5.41) is 10.6. The fourth-order valence-corrected chi connectivity index (χ4v) is 2.68. The van der Waals surface area contributed by atoms with Crippen molar-refractivity contribution in [2.75, 3.05) is 5.32 Å². The van der Waals surface area contributed by atoms with Gasteiger partial charge in [0.1, 0.15) is 11.5 Å². The number of anilines is 1. The van der Waals surface area contributed by atoms with E-state index in [9.17, 15) is 4.79 Å². The number of hydrogen-bond donors (Lipinski definition) is 1. The lowest BCUT2D eigenvalue weighted by Gasteiger charge is -2.13. The number of amides is 1. The van der Waals surface area contributed by atoms with E-state index in [2.05, 4.69) is 15.5 Å². The van der Waals surface area contributed by atoms with Crippen LogP contribution in [-0.2, 0) is 4.79 Å². The van der Waals surface area contributed by atoms with E-state index < -0.39 is 0 Å². The van der Waals surface area contributed by atoms with Gasteiger partial charge in [0, 0.05) is 0 Å². The van der Waals surface area contributed by atoms with Crippen molar-refractivity contribution < 1.29 is 13.6 Å². The summed E-state index contributed by atoms with van der Waals surface area (Å²) >= 11 is 0. The van der Waals surface area contributed by atoms with Gasteiger partial charge >= 0.3 is 6.01 Å². The first-order chi connectivity index (χ1) is 11.6. The maximum atomic E-state index is 12.5. The highest BCUT2D eigenvalue weighted by molar-refractivity contribution is 5.94. The average Bonchev–Trinajstić information content (AvgIpc) is 3.15. The summed E-state index contributed by atoms with van der Waals surface area (Å²) in [5.74, 6) is 1.36. The van der Waals surface area contributed by atoms with E-state index in [4.69, 9.17) is 8.83 Å². The van der Waals surface area contributed by atoms with Crippen LogP contribution in [0.4, 0.5) is 6.01 Å². The van der Waals surface area contributed by atoms with Crippen molar-refractivity contribution in [1.82, 2.24) is 10.2 Å². The van der Waals surface area contributed by atoms with Gasteiger partial charge in [0.25, 0.3) is 5.89 Å². The van der Waals surface area contributed by atoms with Crippen molar-refractivity contribution in [3.8, 4) is 11.5 Å². The topological polar surface area (TPSA) is 81.2 Å². The Kier molecular flexibility index (Phi) is 4.46. The number of nitrogens with one attached hydrogen (secondary N) is 1. The molecule has 0 fully saturated rings. The quantitative estimate of drug-likeness (QED) is 0.764. The van der Waals surface area contributed by atoms with Gasteiger partial charge in [0.05, 0.1) is 11.5 Å². The van der Waals surface area contributed by atoms with Crippen molar-refractivity contribution >= 4 is 11.9 Å². The van der Waals surface area contributed by atoms with Crippen molar-refractivity contribution in [2.24, 2.45) is 0 Å². The second kappa shape index (κ2) is 6.70. The molecule has 6 nitrogen and oxygen atoms in total. The second-order valence-corrected chi connectivity index (χ2v) is 5.60. The van der Waals surface area contributed by atoms with Gasteiger partial charge in [-0.25, -0.2) is 0 Å². The third-order valence-electron chi connectivity index (χ3n) is 3.85. The monoisotopic (exact) mass is 325 g/mol. The molecule has 1 amide bonds. The van der Waals surface area contributed by atoms with E-state index in [0.717, 1.165) is 16.9 Å². The fourth-order valence-electron chi connectivity index (χ4n) is 2.68. The molecule has 2 aromatic heterocycles. The first-order valence-electron chi connectivity index (χ1n) is 7.85. The van der Waals surface area contributed by atoms with Crippen molar-refractivity contribution in [2.45, 2.75) is 33.1 Å². The van der Waals surface area contributed by atoms with Crippen LogP contribution in [0.1, 0.15) is 36.3 Å². The number of benzene rings is 1. The van der Waals surface area contributed by atoms with Crippen LogP contribution in [0.2, 0.25) is 0 Å². The lowest BCUT2D eigenvalue weighted by atomic mass is 9.96. The van der Waals surface area contributed by atoms with Gasteiger partial charge in [-0.2, -0.15) is 0 Å². The van der Waals surface area contributed by atoms with Crippen LogP contribution in [0.25, 0.3) is 11.5 Å². The molecule has 0 spiro atoms. The molecule has 24 heavy (non-hydrogen) atoms. The Morgan fingerprint density at radius 2 is 1.92 bits per heavy atom. The molecular weight excluding hydrogens is 306 g/mol.